The summed E-state index contributed by atoms with van der Waals surface area (Å²) in [6.07, 6.45) is 0. The van der Waals surface area contributed by atoms with Gasteiger partial charge in [-0.05, 0) is 135 Å². The Kier molecular flexibility index (Phi) is 15.3. The van der Waals surface area contributed by atoms with Crippen LogP contribution in [-0.4, -0.2) is 23.9 Å². The van der Waals surface area contributed by atoms with Crippen molar-refractivity contribution in [1.82, 2.24) is 0 Å². The van der Waals surface area contributed by atoms with Crippen LogP contribution >= 0.6 is 0 Å². The molecule has 0 heterocycles. The lowest BCUT2D eigenvalue weighted by molar-refractivity contribution is -0.385. The lowest BCUT2D eigenvalue weighted by atomic mass is 10.0. The second-order valence-corrected chi connectivity index (χ2v) is 21.5. The van der Waals surface area contributed by atoms with Crippen molar-refractivity contribution in [2.75, 3.05) is 33.7 Å². The number of non-ortho nitro benzene ring substituents is 2. The van der Waals surface area contributed by atoms with Gasteiger partial charge in [-0.2, -0.15) is 0 Å². The molecule has 0 fully saturated rings. The van der Waals surface area contributed by atoms with E-state index in [9.17, 15) is 20.2 Å². The van der Waals surface area contributed by atoms with Gasteiger partial charge in [-0.15, -0.1) is 0 Å². The maximum atomic E-state index is 11.2. The van der Waals surface area contributed by atoms with Gasteiger partial charge in [-0.1, -0.05) is 200 Å². The van der Waals surface area contributed by atoms with Crippen LogP contribution in [0, 0.1) is 20.2 Å². The summed E-state index contributed by atoms with van der Waals surface area (Å²) in [7, 11) is 3.87. The molecule has 10 heteroatoms. The number of hydrogen-bond acceptors (Lipinski definition) is 8. The summed E-state index contributed by atoms with van der Waals surface area (Å²) in [5, 5.41) is 31.8. The Morgan fingerprint density at radius 1 is 0.250 bits per heavy atom. The zero-order valence-electron chi connectivity index (χ0n) is 48.3. The fourth-order valence-corrected chi connectivity index (χ4v) is 11.7. The van der Waals surface area contributed by atoms with Crippen molar-refractivity contribution in [2.45, 2.75) is 0 Å². The average molecular weight is 1140 g/mol. The van der Waals surface area contributed by atoms with Crippen molar-refractivity contribution < 1.29 is 9.85 Å². The summed E-state index contributed by atoms with van der Waals surface area (Å²) in [6.45, 7) is 0. The molecule has 0 saturated carbocycles. The van der Waals surface area contributed by atoms with Crippen molar-refractivity contribution in [3.05, 3.63) is 336 Å². The van der Waals surface area contributed by atoms with Gasteiger partial charge < -0.3 is 19.6 Å². The fraction of sp³-hybridized carbons (Fsp3) is 0.0256. The maximum absolute atomic E-state index is 11.2. The molecule has 0 bridgehead atoms. The number of nitro groups is 2. The van der Waals surface area contributed by atoms with E-state index in [0.29, 0.717) is 0 Å². The highest BCUT2D eigenvalue weighted by atomic mass is 16.6. The molecule has 14 aromatic rings. The first kappa shape index (κ1) is 55.3. The van der Waals surface area contributed by atoms with Gasteiger partial charge in [0.1, 0.15) is 0 Å². The Labute approximate surface area is 510 Å². The van der Waals surface area contributed by atoms with E-state index in [0.717, 1.165) is 79.1 Å². The third-order valence-electron chi connectivity index (χ3n) is 16.3. The zero-order chi connectivity index (χ0) is 60.1. The molecule has 14 rings (SSSR count). The van der Waals surface area contributed by atoms with Crippen LogP contribution < -0.4 is 19.6 Å². The quantitative estimate of drug-likeness (QED) is 0.0784. The highest BCUT2D eigenvalue weighted by molar-refractivity contribution is 6.06. The third kappa shape index (κ3) is 11.2. The van der Waals surface area contributed by atoms with E-state index in [-0.39, 0.29) is 21.2 Å². The van der Waals surface area contributed by atoms with Crippen LogP contribution in [-0.2, 0) is 0 Å². The highest BCUT2D eigenvalue weighted by Gasteiger charge is 2.21. The molecular weight excluding hydrogens is 1080 g/mol. The summed E-state index contributed by atoms with van der Waals surface area (Å²) in [5.41, 5.74) is 14.8. The van der Waals surface area contributed by atoms with Crippen LogP contribution in [0.5, 0.6) is 0 Å². The van der Waals surface area contributed by atoms with E-state index >= 15 is 0 Å². The minimum absolute atomic E-state index is 0.0760. The van der Waals surface area contributed by atoms with E-state index in [4.69, 9.17) is 0 Å². The second kappa shape index (κ2) is 24.4. The topological polar surface area (TPSA) is 99.2 Å². The molecule has 88 heavy (non-hydrogen) atoms. The molecule has 0 spiro atoms. The predicted molar refractivity (Wildman–Crippen MR) is 365 cm³/mol. The minimum Gasteiger partial charge on any atom is -0.345 e. The summed E-state index contributed by atoms with van der Waals surface area (Å²) < 4.78 is 0. The Morgan fingerprint density at radius 3 is 0.830 bits per heavy atom. The normalized spacial score (nSPS) is 11.0. The molecule has 10 nitrogen and oxygen atoms in total. The first-order chi connectivity index (χ1) is 43.1. The van der Waals surface area contributed by atoms with E-state index in [1.54, 1.807) is 24.3 Å². The van der Waals surface area contributed by atoms with Gasteiger partial charge in [-0.25, -0.2) is 0 Å². The van der Waals surface area contributed by atoms with Gasteiger partial charge in [0, 0.05) is 94.0 Å². The predicted octanol–water partition coefficient (Wildman–Crippen LogP) is 21.6. The van der Waals surface area contributed by atoms with Gasteiger partial charge in [0.25, 0.3) is 11.4 Å². The lowest BCUT2D eigenvalue weighted by Gasteiger charge is -2.28. The minimum atomic E-state index is -0.382. The third-order valence-corrected chi connectivity index (χ3v) is 16.3. The molecule has 0 amide bonds. The largest absolute Gasteiger partial charge is 0.345 e. The lowest BCUT2D eigenvalue weighted by Crippen LogP contribution is -2.11. The molecule has 0 unspecified atom stereocenters. The van der Waals surface area contributed by atoms with Crippen LogP contribution in [0.2, 0.25) is 0 Å². The van der Waals surface area contributed by atoms with Crippen molar-refractivity contribution in [2.24, 2.45) is 0 Å². The van der Waals surface area contributed by atoms with E-state index in [1.165, 1.54) is 61.3 Å². The van der Waals surface area contributed by atoms with Crippen molar-refractivity contribution in [1.29, 1.82) is 0 Å². The highest BCUT2D eigenvalue weighted by Crippen LogP contribution is 2.45. The first-order valence-corrected chi connectivity index (χ1v) is 29.0. The van der Waals surface area contributed by atoms with Gasteiger partial charge in [0.2, 0.25) is 0 Å². The Bertz CT molecular complexity index is 4660. The standard InChI is InChI=1S/2C39H29N3O2/c1-40(34-13-8-14-35(27-34)42(43)44)32-23-19-28(20-24-32)29-21-25-33(26-22-29)41(38-17-6-11-30-9-2-4-15-36(30)38)39-18-7-12-31-10-3-5-16-37(31)39;1-40(33-24-26-35(27-25-33)42(43)44)32-20-16-28(17-21-32)29-18-22-34(23-19-29)41(38-14-6-10-30-8-2-4-12-36(30)38)39-15-7-11-31-9-3-5-13-37(31)39/h2*2-27H,1H3. The number of fused-ring (bicyclic) bond motifs is 4. The van der Waals surface area contributed by atoms with Gasteiger partial charge in [0.05, 0.1) is 32.6 Å². The number of nitrogens with zero attached hydrogens (tertiary/aromatic N) is 6. The summed E-state index contributed by atoms with van der Waals surface area (Å²) >= 11 is 0. The smallest absolute Gasteiger partial charge is 0.271 e. The molecule has 14 aromatic carbocycles. The molecule has 424 valence electrons. The first-order valence-electron chi connectivity index (χ1n) is 29.0. The Morgan fingerprint density at radius 2 is 0.511 bits per heavy atom. The van der Waals surface area contributed by atoms with Crippen molar-refractivity contribution >= 4 is 111 Å². The monoisotopic (exact) mass is 1140 g/mol. The molecular formula is C78H58N6O4. The maximum Gasteiger partial charge on any atom is 0.271 e. The number of hydrogen-bond donors (Lipinski definition) is 0. The van der Waals surface area contributed by atoms with Gasteiger partial charge >= 0.3 is 0 Å². The molecule has 0 aliphatic heterocycles. The van der Waals surface area contributed by atoms with Gasteiger partial charge in [-0.3, -0.25) is 20.2 Å². The van der Waals surface area contributed by atoms with Crippen molar-refractivity contribution in [3.8, 4) is 22.3 Å². The molecule has 0 aliphatic carbocycles. The summed E-state index contributed by atoms with van der Waals surface area (Å²) in [6, 6.07) is 107. The van der Waals surface area contributed by atoms with E-state index in [1.807, 2.05) is 42.1 Å². The van der Waals surface area contributed by atoms with Crippen LogP contribution in [0.25, 0.3) is 65.3 Å². The van der Waals surface area contributed by atoms with Crippen LogP contribution in [0.4, 0.5) is 68.2 Å². The Hall–Kier alpha value is -11.9. The van der Waals surface area contributed by atoms with Gasteiger partial charge in [0.15, 0.2) is 0 Å². The van der Waals surface area contributed by atoms with Crippen LogP contribution in [0.1, 0.15) is 0 Å². The van der Waals surface area contributed by atoms with Crippen LogP contribution in [0.15, 0.2) is 315 Å². The fourth-order valence-electron chi connectivity index (χ4n) is 11.7. The number of benzene rings is 14. The molecule has 0 aliphatic rings. The SMILES string of the molecule is CN(c1ccc(-c2ccc(N(c3cccc4ccccc34)c3cccc4ccccc34)cc2)cc1)c1ccc([N+](=O)[O-])cc1.CN(c1ccc(-c2ccc(N(c3cccc4ccccc34)c3cccc4ccccc34)cc2)cc1)c1cccc([N+](=O)[O-])c1. The number of rotatable bonds is 14. The second-order valence-electron chi connectivity index (χ2n) is 21.5. The molecule has 0 saturated heterocycles. The molecule has 0 atom stereocenters. The zero-order valence-corrected chi connectivity index (χ0v) is 48.3. The number of nitro benzene ring substituents is 2. The van der Waals surface area contributed by atoms with Crippen LogP contribution in [0.3, 0.4) is 0 Å². The number of anilines is 10. The summed E-state index contributed by atoms with van der Waals surface area (Å²) in [5.74, 6) is 0. The van der Waals surface area contributed by atoms with E-state index in [2.05, 4.69) is 265 Å². The summed E-state index contributed by atoms with van der Waals surface area (Å²) in [4.78, 5) is 30.2. The average Bonchev–Trinajstić information content (AvgIpc) is 3.55. The van der Waals surface area contributed by atoms with E-state index < -0.39 is 0 Å². The Balaban J connectivity index is 0.000000162. The molecule has 0 aromatic heterocycles. The van der Waals surface area contributed by atoms with Crippen molar-refractivity contribution in [3.63, 3.8) is 0 Å². The molecule has 0 N–H and O–H groups in total. The molecule has 0 radical (unpaired) electrons.